The molecule has 1 saturated heterocycles. The summed E-state index contributed by atoms with van der Waals surface area (Å²) < 4.78 is 0. The molecule has 3 nitrogen and oxygen atoms in total. The third kappa shape index (κ3) is 3.87. The number of piperazine rings is 1. The Kier molecular flexibility index (Phi) is 5.24. The van der Waals surface area contributed by atoms with E-state index < -0.39 is 0 Å². The fourth-order valence-corrected chi connectivity index (χ4v) is 2.40. The predicted molar refractivity (Wildman–Crippen MR) is 84.2 cm³/mol. The minimum atomic E-state index is 0.0776. The zero-order valence-electron chi connectivity index (χ0n) is 11.6. The third-order valence-corrected chi connectivity index (χ3v) is 3.54. The molecule has 0 radical (unpaired) electrons. The van der Waals surface area contributed by atoms with Crippen molar-refractivity contribution in [3.8, 4) is 0 Å². The lowest BCUT2D eigenvalue weighted by Gasteiger charge is -2.35. The Hall–Kier alpha value is -1.74. The number of anilines is 1. The number of carbonyl (C=O) groups excluding carboxylic acids is 1. The van der Waals surface area contributed by atoms with E-state index in [1.807, 2.05) is 42.2 Å². The number of carbonyl (C=O) groups is 1. The second kappa shape index (κ2) is 7.15. The van der Waals surface area contributed by atoms with E-state index in [-0.39, 0.29) is 5.91 Å². The summed E-state index contributed by atoms with van der Waals surface area (Å²) in [5.41, 5.74) is 1.12. The summed E-state index contributed by atoms with van der Waals surface area (Å²) in [5.74, 6) is 0.0776. The summed E-state index contributed by atoms with van der Waals surface area (Å²) in [7, 11) is 0. The third-order valence-electron chi connectivity index (χ3n) is 3.31. The molecule has 4 heteroatoms. The van der Waals surface area contributed by atoms with Gasteiger partial charge >= 0.3 is 0 Å². The Bertz CT molecular complexity index is 517. The van der Waals surface area contributed by atoms with Gasteiger partial charge in [-0.1, -0.05) is 35.9 Å². The molecule has 1 aromatic rings. The predicted octanol–water partition coefficient (Wildman–Crippen LogP) is 3.12. The first-order chi connectivity index (χ1) is 9.70. The SMILES string of the molecule is C/C=C/C=C/C(=O)N1CCN(c2cccc(Cl)c2)CC1. The lowest BCUT2D eigenvalue weighted by Crippen LogP contribution is -2.48. The van der Waals surface area contributed by atoms with Gasteiger partial charge in [0.2, 0.25) is 5.91 Å². The van der Waals surface area contributed by atoms with Gasteiger partial charge in [0.25, 0.3) is 0 Å². The van der Waals surface area contributed by atoms with E-state index in [4.69, 9.17) is 11.6 Å². The Morgan fingerprint density at radius 1 is 1.20 bits per heavy atom. The highest BCUT2D eigenvalue weighted by atomic mass is 35.5. The van der Waals surface area contributed by atoms with Gasteiger partial charge in [0.15, 0.2) is 0 Å². The lowest BCUT2D eigenvalue weighted by molar-refractivity contribution is -0.126. The Labute approximate surface area is 125 Å². The molecule has 1 aliphatic heterocycles. The largest absolute Gasteiger partial charge is 0.368 e. The van der Waals surface area contributed by atoms with Gasteiger partial charge in [-0.15, -0.1) is 0 Å². The molecule has 0 unspecified atom stereocenters. The summed E-state index contributed by atoms with van der Waals surface area (Å²) >= 11 is 6.01. The van der Waals surface area contributed by atoms with Gasteiger partial charge in [0.05, 0.1) is 0 Å². The average Bonchev–Trinajstić information content (AvgIpc) is 2.47. The van der Waals surface area contributed by atoms with Crippen molar-refractivity contribution in [2.75, 3.05) is 31.1 Å². The highest BCUT2D eigenvalue weighted by Gasteiger charge is 2.19. The van der Waals surface area contributed by atoms with Crippen LogP contribution in [0.25, 0.3) is 0 Å². The molecule has 0 N–H and O–H groups in total. The molecule has 1 aliphatic rings. The molecule has 0 saturated carbocycles. The maximum Gasteiger partial charge on any atom is 0.246 e. The van der Waals surface area contributed by atoms with Crippen molar-refractivity contribution in [3.63, 3.8) is 0 Å². The summed E-state index contributed by atoms with van der Waals surface area (Å²) in [6.07, 6.45) is 7.17. The van der Waals surface area contributed by atoms with Gasteiger partial charge < -0.3 is 9.80 Å². The van der Waals surface area contributed by atoms with Crippen LogP contribution in [0.2, 0.25) is 5.02 Å². The molecular weight excluding hydrogens is 272 g/mol. The van der Waals surface area contributed by atoms with Crippen molar-refractivity contribution in [1.29, 1.82) is 0 Å². The number of benzene rings is 1. The maximum atomic E-state index is 11.9. The van der Waals surface area contributed by atoms with Gasteiger partial charge in [0.1, 0.15) is 0 Å². The van der Waals surface area contributed by atoms with Crippen LogP contribution < -0.4 is 4.90 Å². The molecule has 1 amide bonds. The van der Waals surface area contributed by atoms with E-state index in [1.165, 1.54) is 0 Å². The maximum absolute atomic E-state index is 11.9. The number of rotatable bonds is 3. The first kappa shape index (κ1) is 14.7. The molecule has 20 heavy (non-hydrogen) atoms. The zero-order valence-corrected chi connectivity index (χ0v) is 12.4. The molecule has 1 heterocycles. The number of nitrogens with zero attached hydrogens (tertiary/aromatic N) is 2. The minimum Gasteiger partial charge on any atom is -0.368 e. The lowest BCUT2D eigenvalue weighted by atomic mass is 10.2. The van der Waals surface area contributed by atoms with Crippen LogP contribution in [-0.2, 0) is 4.79 Å². The monoisotopic (exact) mass is 290 g/mol. The number of halogens is 1. The molecule has 0 aliphatic carbocycles. The second-order valence-corrected chi connectivity index (χ2v) is 5.11. The summed E-state index contributed by atoms with van der Waals surface area (Å²) in [4.78, 5) is 16.1. The fourth-order valence-electron chi connectivity index (χ4n) is 2.21. The van der Waals surface area contributed by atoms with Crippen LogP contribution in [0.15, 0.2) is 48.6 Å². The zero-order chi connectivity index (χ0) is 14.4. The molecule has 106 valence electrons. The van der Waals surface area contributed by atoms with Crippen molar-refractivity contribution < 1.29 is 4.79 Å². The van der Waals surface area contributed by atoms with E-state index in [1.54, 1.807) is 12.2 Å². The van der Waals surface area contributed by atoms with Crippen molar-refractivity contribution in [1.82, 2.24) is 4.90 Å². The van der Waals surface area contributed by atoms with E-state index in [0.29, 0.717) is 0 Å². The van der Waals surface area contributed by atoms with Gasteiger partial charge in [0, 0.05) is 43.0 Å². The van der Waals surface area contributed by atoms with Gasteiger partial charge in [-0.2, -0.15) is 0 Å². The first-order valence-electron chi connectivity index (χ1n) is 6.79. The van der Waals surface area contributed by atoms with Crippen LogP contribution in [0, 0.1) is 0 Å². The van der Waals surface area contributed by atoms with Crippen molar-refractivity contribution in [2.24, 2.45) is 0 Å². The molecular formula is C16H19ClN2O. The van der Waals surface area contributed by atoms with Gasteiger partial charge in [-0.25, -0.2) is 0 Å². The highest BCUT2D eigenvalue weighted by molar-refractivity contribution is 6.30. The standard InChI is InChI=1S/C16H19ClN2O/c1-2-3-4-8-16(20)19-11-9-18(10-12-19)15-7-5-6-14(17)13-15/h2-8,13H,9-12H2,1H3/b3-2+,8-4+. The number of amides is 1. The van der Waals surface area contributed by atoms with Crippen molar-refractivity contribution >= 4 is 23.2 Å². The fraction of sp³-hybridized carbons (Fsp3) is 0.312. The molecule has 0 atom stereocenters. The van der Waals surface area contributed by atoms with Crippen molar-refractivity contribution in [2.45, 2.75) is 6.92 Å². The topological polar surface area (TPSA) is 23.6 Å². The van der Waals surface area contributed by atoms with Crippen LogP contribution in [0.3, 0.4) is 0 Å². The number of hydrogen-bond donors (Lipinski definition) is 0. The van der Waals surface area contributed by atoms with Gasteiger partial charge in [-0.3, -0.25) is 4.79 Å². The van der Waals surface area contributed by atoms with E-state index in [9.17, 15) is 4.79 Å². The minimum absolute atomic E-state index is 0.0776. The quantitative estimate of drug-likeness (QED) is 0.631. The van der Waals surface area contributed by atoms with Crippen molar-refractivity contribution in [3.05, 3.63) is 53.6 Å². The molecule has 1 fully saturated rings. The van der Waals surface area contributed by atoms with Crippen LogP contribution in [0.4, 0.5) is 5.69 Å². The van der Waals surface area contributed by atoms with E-state index in [2.05, 4.69) is 11.0 Å². The molecule has 0 aromatic heterocycles. The smallest absolute Gasteiger partial charge is 0.246 e. The molecule has 1 aromatic carbocycles. The molecule has 2 rings (SSSR count). The van der Waals surface area contributed by atoms with Gasteiger partial charge in [-0.05, 0) is 25.1 Å². The van der Waals surface area contributed by atoms with Crippen LogP contribution >= 0.6 is 11.6 Å². The summed E-state index contributed by atoms with van der Waals surface area (Å²) in [6.45, 7) is 5.09. The van der Waals surface area contributed by atoms with E-state index >= 15 is 0 Å². The normalized spacial score (nSPS) is 16.3. The number of hydrogen-bond acceptors (Lipinski definition) is 2. The van der Waals surface area contributed by atoms with Crippen LogP contribution in [-0.4, -0.2) is 37.0 Å². The Morgan fingerprint density at radius 3 is 2.60 bits per heavy atom. The highest BCUT2D eigenvalue weighted by Crippen LogP contribution is 2.20. The second-order valence-electron chi connectivity index (χ2n) is 4.68. The first-order valence-corrected chi connectivity index (χ1v) is 7.17. The Morgan fingerprint density at radius 2 is 1.95 bits per heavy atom. The average molecular weight is 291 g/mol. The van der Waals surface area contributed by atoms with Crippen LogP contribution in [0.1, 0.15) is 6.92 Å². The number of allylic oxidation sites excluding steroid dienone is 3. The molecule has 0 bridgehead atoms. The summed E-state index contributed by atoms with van der Waals surface area (Å²) in [6, 6.07) is 7.84. The molecule has 0 spiro atoms. The Balaban J connectivity index is 1.91. The summed E-state index contributed by atoms with van der Waals surface area (Å²) in [5, 5.41) is 0.746. The van der Waals surface area contributed by atoms with E-state index in [0.717, 1.165) is 36.9 Å². The van der Waals surface area contributed by atoms with Crippen LogP contribution in [0.5, 0.6) is 0 Å².